The highest BCUT2D eigenvalue weighted by molar-refractivity contribution is 5.94. The zero-order valence-electron chi connectivity index (χ0n) is 7.89. The predicted molar refractivity (Wildman–Crippen MR) is 53.0 cm³/mol. The van der Waals surface area contributed by atoms with Crippen molar-refractivity contribution in [3.8, 4) is 0 Å². The minimum absolute atomic E-state index is 0.0159. The SMILES string of the molecule is O=C(c1ccccc1)N1CC[C@@H](O)C1. The quantitative estimate of drug-likeness (QED) is 0.716. The van der Waals surface area contributed by atoms with Crippen molar-refractivity contribution in [2.24, 2.45) is 0 Å². The van der Waals surface area contributed by atoms with Crippen LogP contribution in [0.15, 0.2) is 30.3 Å². The number of aliphatic hydroxyl groups excluding tert-OH is 1. The molecule has 0 aromatic heterocycles. The first kappa shape index (κ1) is 9.21. The van der Waals surface area contributed by atoms with Crippen LogP contribution in [-0.2, 0) is 0 Å². The molecule has 14 heavy (non-hydrogen) atoms. The molecule has 0 aliphatic carbocycles. The number of rotatable bonds is 1. The number of hydrogen-bond donors (Lipinski definition) is 1. The normalized spacial score (nSPS) is 21.2. The van der Waals surface area contributed by atoms with E-state index in [1.54, 1.807) is 17.0 Å². The van der Waals surface area contributed by atoms with Gasteiger partial charge in [0, 0.05) is 18.7 Å². The summed E-state index contributed by atoms with van der Waals surface area (Å²) < 4.78 is 0. The fourth-order valence-corrected chi connectivity index (χ4v) is 1.69. The molecule has 3 heteroatoms. The lowest BCUT2D eigenvalue weighted by Gasteiger charge is -2.15. The van der Waals surface area contributed by atoms with Crippen molar-refractivity contribution in [1.29, 1.82) is 0 Å². The van der Waals surface area contributed by atoms with Crippen molar-refractivity contribution in [1.82, 2.24) is 4.90 Å². The van der Waals surface area contributed by atoms with Crippen molar-refractivity contribution < 1.29 is 9.90 Å². The van der Waals surface area contributed by atoms with Gasteiger partial charge >= 0.3 is 0 Å². The second-order valence-corrected chi connectivity index (χ2v) is 3.56. The van der Waals surface area contributed by atoms with Gasteiger partial charge in [0.15, 0.2) is 0 Å². The Bertz CT molecular complexity index is 323. The van der Waals surface area contributed by atoms with E-state index < -0.39 is 0 Å². The molecule has 1 amide bonds. The number of likely N-dealkylation sites (tertiary alicyclic amines) is 1. The molecule has 2 rings (SSSR count). The Morgan fingerprint density at radius 1 is 1.36 bits per heavy atom. The summed E-state index contributed by atoms with van der Waals surface area (Å²) in [5.41, 5.74) is 0.696. The molecule has 1 fully saturated rings. The first-order valence-electron chi connectivity index (χ1n) is 4.80. The molecule has 0 spiro atoms. The average molecular weight is 191 g/mol. The van der Waals surface area contributed by atoms with Gasteiger partial charge in [-0.3, -0.25) is 4.79 Å². The molecule has 74 valence electrons. The zero-order chi connectivity index (χ0) is 9.97. The number of benzene rings is 1. The Kier molecular flexibility index (Phi) is 2.50. The third-order valence-electron chi connectivity index (χ3n) is 2.47. The standard InChI is InChI=1S/C11H13NO2/c13-10-6-7-12(8-10)11(14)9-4-2-1-3-5-9/h1-5,10,13H,6-8H2/t10-/m1/s1. The van der Waals surface area contributed by atoms with Crippen LogP contribution in [0.1, 0.15) is 16.8 Å². The van der Waals surface area contributed by atoms with E-state index >= 15 is 0 Å². The molecule has 3 nitrogen and oxygen atoms in total. The van der Waals surface area contributed by atoms with E-state index in [1.165, 1.54) is 0 Å². The van der Waals surface area contributed by atoms with Crippen molar-refractivity contribution in [3.63, 3.8) is 0 Å². The van der Waals surface area contributed by atoms with Crippen LogP contribution in [0.3, 0.4) is 0 Å². The topological polar surface area (TPSA) is 40.5 Å². The highest BCUT2D eigenvalue weighted by atomic mass is 16.3. The summed E-state index contributed by atoms with van der Waals surface area (Å²) in [6.45, 7) is 1.13. The van der Waals surface area contributed by atoms with E-state index in [4.69, 9.17) is 0 Å². The zero-order valence-corrected chi connectivity index (χ0v) is 7.89. The van der Waals surface area contributed by atoms with Gasteiger partial charge in [0.05, 0.1) is 6.10 Å². The number of nitrogens with zero attached hydrogens (tertiary/aromatic N) is 1. The van der Waals surface area contributed by atoms with E-state index in [2.05, 4.69) is 0 Å². The van der Waals surface area contributed by atoms with Crippen LogP contribution in [0.2, 0.25) is 0 Å². The van der Waals surface area contributed by atoms with E-state index in [9.17, 15) is 9.90 Å². The van der Waals surface area contributed by atoms with Crippen LogP contribution < -0.4 is 0 Å². The molecule has 1 aromatic carbocycles. The molecule has 0 radical (unpaired) electrons. The predicted octanol–water partition coefficient (Wildman–Crippen LogP) is 0.893. The summed E-state index contributed by atoms with van der Waals surface area (Å²) >= 11 is 0. The first-order chi connectivity index (χ1) is 6.77. The monoisotopic (exact) mass is 191 g/mol. The van der Waals surface area contributed by atoms with Gasteiger partial charge in [0.1, 0.15) is 0 Å². The molecule has 1 atom stereocenters. The molecule has 0 unspecified atom stereocenters. The van der Waals surface area contributed by atoms with Gasteiger partial charge in [0.25, 0.3) is 5.91 Å². The van der Waals surface area contributed by atoms with Gasteiger partial charge in [0.2, 0.25) is 0 Å². The molecule has 0 saturated carbocycles. The minimum atomic E-state index is -0.345. The highest BCUT2D eigenvalue weighted by Gasteiger charge is 2.24. The number of carbonyl (C=O) groups excluding carboxylic acids is 1. The first-order valence-corrected chi connectivity index (χ1v) is 4.80. The maximum atomic E-state index is 11.8. The molecular formula is C11H13NO2. The van der Waals surface area contributed by atoms with Crippen LogP contribution in [0.25, 0.3) is 0 Å². The van der Waals surface area contributed by atoms with Crippen molar-refractivity contribution in [2.75, 3.05) is 13.1 Å². The third kappa shape index (κ3) is 1.77. The van der Waals surface area contributed by atoms with Gasteiger partial charge in [-0.15, -0.1) is 0 Å². The van der Waals surface area contributed by atoms with E-state index in [0.717, 1.165) is 0 Å². The Morgan fingerprint density at radius 3 is 2.64 bits per heavy atom. The second-order valence-electron chi connectivity index (χ2n) is 3.56. The summed E-state index contributed by atoms with van der Waals surface area (Å²) in [5, 5.41) is 9.30. The minimum Gasteiger partial charge on any atom is -0.391 e. The highest BCUT2D eigenvalue weighted by Crippen LogP contribution is 2.12. The summed E-state index contributed by atoms with van der Waals surface area (Å²) in [7, 11) is 0. The molecule has 1 N–H and O–H groups in total. The van der Waals surface area contributed by atoms with E-state index in [0.29, 0.717) is 25.1 Å². The molecule has 1 aliphatic rings. The van der Waals surface area contributed by atoms with Crippen LogP contribution in [-0.4, -0.2) is 35.1 Å². The van der Waals surface area contributed by atoms with Crippen molar-refractivity contribution in [3.05, 3.63) is 35.9 Å². The van der Waals surface area contributed by atoms with E-state index in [1.807, 2.05) is 18.2 Å². The lowest BCUT2D eigenvalue weighted by molar-refractivity contribution is 0.0765. The third-order valence-corrected chi connectivity index (χ3v) is 2.47. The molecule has 1 aliphatic heterocycles. The second kappa shape index (κ2) is 3.80. The molecule has 1 heterocycles. The average Bonchev–Trinajstić information content (AvgIpc) is 2.65. The fourth-order valence-electron chi connectivity index (χ4n) is 1.69. The van der Waals surface area contributed by atoms with Crippen LogP contribution in [0.5, 0.6) is 0 Å². The Hall–Kier alpha value is -1.35. The van der Waals surface area contributed by atoms with Crippen molar-refractivity contribution >= 4 is 5.91 Å². The number of β-amino-alcohol motifs (C(OH)–C–C–N with tert-alkyl or cyclic N) is 1. The Morgan fingerprint density at radius 2 is 2.07 bits per heavy atom. The molecular weight excluding hydrogens is 178 g/mol. The maximum Gasteiger partial charge on any atom is 0.253 e. The fraction of sp³-hybridized carbons (Fsp3) is 0.364. The number of aliphatic hydroxyl groups is 1. The molecule has 1 saturated heterocycles. The van der Waals surface area contributed by atoms with Gasteiger partial charge in [-0.25, -0.2) is 0 Å². The number of hydrogen-bond acceptors (Lipinski definition) is 2. The van der Waals surface area contributed by atoms with Gasteiger partial charge in [-0.2, -0.15) is 0 Å². The maximum absolute atomic E-state index is 11.8. The molecule has 1 aromatic rings. The summed E-state index contributed by atoms with van der Waals surface area (Å²) in [5.74, 6) is 0.0159. The van der Waals surface area contributed by atoms with E-state index in [-0.39, 0.29) is 12.0 Å². The Labute approximate surface area is 83.0 Å². The van der Waals surface area contributed by atoms with Gasteiger partial charge in [-0.05, 0) is 18.6 Å². The lowest BCUT2D eigenvalue weighted by Crippen LogP contribution is -2.29. The van der Waals surface area contributed by atoms with Gasteiger partial charge in [-0.1, -0.05) is 18.2 Å². The van der Waals surface area contributed by atoms with Crippen LogP contribution in [0, 0.1) is 0 Å². The summed E-state index contributed by atoms with van der Waals surface area (Å²) in [4.78, 5) is 13.5. The molecule has 0 bridgehead atoms. The van der Waals surface area contributed by atoms with Gasteiger partial charge < -0.3 is 10.0 Å². The largest absolute Gasteiger partial charge is 0.391 e. The van der Waals surface area contributed by atoms with Crippen LogP contribution >= 0.6 is 0 Å². The van der Waals surface area contributed by atoms with Crippen molar-refractivity contribution in [2.45, 2.75) is 12.5 Å². The summed E-state index contributed by atoms with van der Waals surface area (Å²) in [6.07, 6.45) is 0.348. The number of amides is 1. The Balaban J connectivity index is 2.10. The smallest absolute Gasteiger partial charge is 0.253 e. The number of carbonyl (C=O) groups is 1. The lowest BCUT2D eigenvalue weighted by atomic mass is 10.2. The van der Waals surface area contributed by atoms with Crippen LogP contribution in [0.4, 0.5) is 0 Å². The summed E-state index contributed by atoms with van der Waals surface area (Å²) in [6, 6.07) is 9.18.